The van der Waals surface area contributed by atoms with Crippen molar-refractivity contribution in [1.82, 2.24) is 0 Å². The number of anilines is 1. The van der Waals surface area contributed by atoms with Gasteiger partial charge in [-0.2, -0.15) is 5.10 Å². The van der Waals surface area contributed by atoms with Gasteiger partial charge in [0.25, 0.3) is 0 Å². The Morgan fingerprint density at radius 2 is 1.88 bits per heavy atom. The summed E-state index contributed by atoms with van der Waals surface area (Å²) in [6.07, 6.45) is 0. The Labute approximate surface area is 155 Å². The molecule has 3 rings (SSSR count). The second-order valence-electron chi connectivity index (χ2n) is 5.74. The Balaban J connectivity index is 2.08. The number of hydrazone groups is 1. The van der Waals surface area contributed by atoms with E-state index in [1.807, 2.05) is 31.2 Å². The van der Waals surface area contributed by atoms with Crippen LogP contribution in [0.2, 0.25) is 10.0 Å². The summed E-state index contributed by atoms with van der Waals surface area (Å²) in [6.45, 7) is 1.84. The summed E-state index contributed by atoms with van der Waals surface area (Å²) in [5, 5.41) is 16.4. The predicted molar refractivity (Wildman–Crippen MR) is 98.9 cm³/mol. The van der Waals surface area contributed by atoms with Gasteiger partial charge in [0.1, 0.15) is 5.75 Å². The fourth-order valence-corrected chi connectivity index (χ4v) is 3.47. The minimum absolute atomic E-state index is 0.0897. The Bertz CT molecular complexity index is 837. The number of methoxy groups -OCH3 is 1. The molecule has 2 aromatic carbocycles. The van der Waals surface area contributed by atoms with E-state index in [0.29, 0.717) is 15.7 Å². The lowest BCUT2D eigenvalue weighted by molar-refractivity contribution is -0.129. The molecule has 0 aromatic heterocycles. The van der Waals surface area contributed by atoms with Crippen molar-refractivity contribution in [2.24, 2.45) is 11.0 Å². The van der Waals surface area contributed by atoms with Gasteiger partial charge in [-0.05, 0) is 35.9 Å². The molecule has 0 saturated carbocycles. The van der Waals surface area contributed by atoms with Gasteiger partial charge in [-0.15, -0.1) is 0 Å². The van der Waals surface area contributed by atoms with Crippen LogP contribution in [0.25, 0.3) is 0 Å². The molecule has 0 bridgehead atoms. The van der Waals surface area contributed by atoms with Gasteiger partial charge in [-0.1, -0.05) is 42.3 Å². The van der Waals surface area contributed by atoms with Crippen LogP contribution in [-0.4, -0.2) is 23.9 Å². The number of hydrogen-bond donors (Lipinski definition) is 1. The van der Waals surface area contributed by atoms with E-state index in [4.69, 9.17) is 27.9 Å². The molecule has 130 valence electrons. The third-order valence-corrected chi connectivity index (χ3v) is 4.75. The van der Waals surface area contributed by atoms with E-state index >= 15 is 0 Å². The molecule has 2 unspecified atom stereocenters. The second kappa shape index (κ2) is 6.94. The van der Waals surface area contributed by atoms with Gasteiger partial charge in [-0.3, -0.25) is 5.01 Å². The molecule has 1 aliphatic heterocycles. The van der Waals surface area contributed by atoms with Crippen molar-refractivity contribution in [1.29, 1.82) is 0 Å². The van der Waals surface area contributed by atoms with Gasteiger partial charge in [0.2, 0.25) is 0 Å². The molecule has 0 spiro atoms. The Hall–Kier alpha value is -2.24. The van der Waals surface area contributed by atoms with Crippen molar-refractivity contribution >= 4 is 40.6 Å². The van der Waals surface area contributed by atoms with Crippen LogP contribution in [-0.2, 0) is 4.79 Å². The molecule has 1 N–H and O–H groups in total. The van der Waals surface area contributed by atoms with E-state index in [1.165, 1.54) is 0 Å². The van der Waals surface area contributed by atoms with Crippen LogP contribution < -0.4 is 9.75 Å². The first-order valence-electron chi connectivity index (χ1n) is 7.62. The summed E-state index contributed by atoms with van der Waals surface area (Å²) in [5.41, 5.74) is 1.61. The lowest BCUT2D eigenvalue weighted by atomic mass is 9.91. The number of hydrogen-bond acceptors (Lipinski definition) is 4. The van der Waals surface area contributed by atoms with Crippen LogP contribution >= 0.6 is 23.2 Å². The summed E-state index contributed by atoms with van der Waals surface area (Å²) >= 11 is 12.3. The summed E-state index contributed by atoms with van der Waals surface area (Å²) < 4.78 is 5.19. The number of rotatable bonds is 4. The zero-order valence-electron chi connectivity index (χ0n) is 13.6. The van der Waals surface area contributed by atoms with Crippen molar-refractivity contribution in [3.63, 3.8) is 0 Å². The van der Waals surface area contributed by atoms with Crippen molar-refractivity contribution < 1.29 is 14.6 Å². The monoisotopic (exact) mass is 378 g/mol. The summed E-state index contributed by atoms with van der Waals surface area (Å²) in [4.78, 5) is 11.6. The zero-order chi connectivity index (χ0) is 18.1. The van der Waals surface area contributed by atoms with Gasteiger partial charge in [0, 0.05) is 10.9 Å². The number of halogens is 2. The van der Waals surface area contributed by atoms with Crippen LogP contribution in [0.1, 0.15) is 18.5 Å². The molecule has 25 heavy (non-hydrogen) atoms. The van der Waals surface area contributed by atoms with Crippen LogP contribution in [0.3, 0.4) is 0 Å². The van der Waals surface area contributed by atoms with Crippen LogP contribution in [0, 0.1) is 5.92 Å². The van der Waals surface area contributed by atoms with Crippen molar-refractivity contribution in [2.75, 3.05) is 12.1 Å². The molecular formula is C18H16Cl2N2O3. The average molecular weight is 379 g/mol. The maximum atomic E-state index is 11.6. The number of ether oxygens (including phenoxy) is 1. The largest absolute Gasteiger partial charge is 0.497 e. The zero-order valence-corrected chi connectivity index (χ0v) is 15.1. The summed E-state index contributed by atoms with van der Waals surface area (Å²) in [5.74, 6) is -0.638. The molecule has 5 nitrogen and oxygen atoms in total. The molecule has 0 fully saturated rings. The van der Waals surface area contributed by atoms with E-state index in [-0.39, 0.29) is 17.7 Å². The van der Waals surface area contributed by atoms with Crippen molar-refractivity contribution in [3.05, 3.63) is 58.1 Å². The molecule has 0 amide bonds. The first-order chi connectivity index (χ1) is 11.9. The smallest absolute Gasteiger partial charge is 0.352 e. The molecule has 2 atom stereocenters. The topological polar surface area (TPSA) is 62.1 Å². The van der Waals surface area contributed by atoms with Gasteiger partial charge < -0.3 is 9.84 Å². The minimum atomic E-state index is -1.04. The van der Waals surface area contributed by atoms with Gasteiger partial charge >= 0.3 is 5.97 Å². The van der Waals surface area contributed by atoms with Crippen molar-refractivity contribution in [2.45, 2.75) is 13.0 Å². The Kier molecular flexibility index (Phi) is 4.88. The van der Waals surface area contributed by atoms with Crippen LogP contribution in [0.5, 0.6) is 5.75 Å². The fourth-order valence-electron chi connectivity index (χ4n) is 2.97. The van der Waals surface area contributed by atoms with E-state index in [1.54, 1.807) is 30.3 Å². The van der Waals surface area contributed by atoms with E-state index in [9.17, 15) is 9.90 Å². The SMILES string of the molecule is COc1ccc(C2C(C)C(C(=O)O)=NN2c2ccc(Cl)cc2Cl)cc1. The molecular weight excluding hydrogens is 363 g/mol. The number of carboxylic acids is 1. The molecule has 0 aliphatic carbocycles. The first-order valence-corrected chi connectivity index (χ1v) is 8.38. The quantitative estimate of drug-likeness (QED) is 0.841. The highest BCUT2D eigenvalue weighted by Crippen LogP contribution is 2.42. The predicted octanol–water partition coefficient (Wildman–Crippen LogP) is 4.64. The lowest BCUT2D eigenvalue weighted by Crippen LogP contribution is -2.26. The molecule has 0 radical (unpaired) electrons. The highest BCUT2D eigenvalue weighted by Gasteiger charge is 2.40. The highest BCUT2D eigenvalue weighted by atomic mass is 35.5. The van der Waals surface area contributed by atoms with Crippen LogP contribution in [0.4, 0.5) is 5.69 Å². The van der Waals surface area contributed by atoms with Crippen LogP contribution in [0.15, 0.2) is 47.6 Å². The third kappa shape index (κ3) is 3.30. The molecule has 0 saturated heterocycles. The maximum absolute atomic E-state index is 11.6. The Morgan fingerprint density at radius 1 is 1.20 bits per heavy atom. The number of carbonyl (C=O) groups is 1. The summed E-state index contributed by atoms with van der Waals surface area (Å²) in [7, 11) is 1.60. The fraction of sp³-hybridized carbons (Fsp3) is 0.222. The number of nitrogens with zero attached hydrogens (tertiary/aromatic N) is 2. The van der Waals surface area contributed by atoms with Crippen molar-refractivity contribution in [3.8, 4) is 5.75 Å². The minimum Gasteiger partial charge on any atom is -0.497 e. The normalized spacial score (nSPS) is 19.7. The lowest BCUT2D eigenvalue weighted by Gasteiger charge is -2.27. The third-order valence-electron chi connectivity index (χ3n) is 4.22. The highest BCUT2D eigenvalue weighted by molar-refractivity contribution is 6.38. The van der Waals surface area contributed by atoms with Gasteiger partial charge in [0.05, 0.1) is 23.9 Å². The number of carboxylic acid groups (broad SMARTS) is 1. The van der Waals surface area contributed by atoms with E-state index < -0.39 is 5.97 Å². The van der Waals surface area contributed by atoms with E-state index in [2.05, 4.69) is 5.10 Å². The molecule has 1 heterocycles. The first kappa shape index (κ1) is 17.6. The van der Waals surface area contributed by atoms with Gasteiger partial charge in [0.15, 0.2) is 5.71 Å². The van der Waals surface area contributed by atoms with E-state index in [0.717, 1.165) is 11.3 Å². The number of benzene rings is 2. The second-order valence-corrected chi connectivity index (χ2v) is 6.58. The molecule has 1 aliphatic rings. The maximum Gasteiger partial charge on any atom is 0.352 e. The average Bonchev–Trinajstić information content (AvgIpc) is 2.92. The molecule has 2 aromatic rings. The van der Waals surface area contributed by atoms with Gasteiger partial charge in [-0.25, -0.2) is 4.79 Å². The number of aliphatic carboxylic acids is 1. The Morgan fingerprint density at radius 3 is 2.44 bits per heavy atom. The standard InChI is InChI=1S/C18H16Cl2N2O3/c1-10-16(18(23)24)21-22(15-8-5-12(19)9-14(15)20)17(10)11-3-6-13(25-2)7-4-11/h3-10,17H,1-2H3,(H,23,24). The molecule has 7 heteroatoms. The summed E-state index contributed by atoms with van der Waals surface area (Å²) in [6, 6.07) is 12.2.